The van der Waals surface area contributed by atoms with E-state index >= 15 is 0 Å². The second kappa shape index (κ2) is 33.9. The molecule has 0 bridgehead atoms. The quantitative estimate of drug-likeness (QED) is 0.0205. The average molecular weight is 709 g/mol. The van der Waals surface area contributed by atoms with Crippen molar-refractivity contribution in [3.8, 4) is 0 Å². The molecular weight excluding hydrogens is 643 g/mol. The van der Waals surface area contributed by atoms with Crippen LogP contribution in [-0.2, 0) is 28.2 Å². The molecule has 10 heteroatoms. The SMILES string of the molecule is CC/C=C\C(O)C/C=C/C=C\C/C=C\C/C=C\CCCC(=O)OC[C@H](COP(=O)(O)O)OC(=O)CCCCCCC/C=C\CCCCCC. The highest BCUT2D eigenvalue weighted by Gasteiger charge is 2.22. The number of allylic oxidation sites excluding steroid dienone is 10. The maximum absolute atomic E-state index is 12.3. The van der Waals surface area contributed by atoms with Crippen LogP contribution in [0.4, 0.5) is 0 Å². The Hall–Kier alpha value is -2.55. The van der Waals surface area contributed by atoms with Crippen LogP contribution in [0.3, 0.4) is 0 Å². The fourth-order valence-electron chi connectivity index (χ4n) is 4.54. The number of phosphoric ester groups is 1. The molecule has 0 aromatic rings. The van der Waals surface area contributed by atoms with Gasteiger partial charge < -0.3 is 24.4 Å². The first kappa shape index (κ1) is 46.5. The summed E-state index contributed by atoms with van der Waals surface area (Å²) >= 11 is 0. The van der Waals surface area contributed by atoms with Gasteiger partial charge in [0.15, 0.2) is 6.10 Å². The molecule has 0 aromatic heterocycles. The lowest BCUT2D eigenvalue weighted by Gasteiger charge is -2.18. The fraction of sp³-hybridized carbons (Fsp3) is 0.641. The predicted octanol–water partition coefficient (Wildman–Crippen LogP) is 9.70. The molecule has 0 aliphatic carbocycles. The van der Waals surface area contributed by atoms with Gasteiger partial charge in [-0.3, -0.25) is 14.1 Å². The molecule has 280 valence electrons. The normalized spacial score (nSPS) is 14.0. The van der Waals surface area contributed by atoms with Crippen molar-refractivity contribution in [3.63, 3.8) is 0 Å². The Labute approximate surface area is 296 Å². The van der Waals surface area contributed by atoms with Crippen LogP contribution in [0.5, 0.6) is 0 Å². The number of rotatable bonds is 32. The molecule has 1 unspecified atom stereocenters. The van der Waals surface area contributed by atoms with Crippen molar-refractivity contribution in [2.75, 3.05) is 13.2 Å². The monoisotopic (exact) mass is 708 g/mol. The second-order valence-corrected chi connectivity index (χ2v) is 13.2. The summed E-state index contributed by atoms with van der Waals surface area (Å²) in [5.41, 5.74) is 0. The van der Waals surface area contributed by atoms with Crippen molar-refractivity contribution < 1.29 is 43.0 Å². The highest BCUT2D eigenvalue weighted by molar-refractivity contribution is 7.46. The molecule has 0 radical (unpaired) electrons. The maximum Gasteiger partial charge on any atom is 0.469 e. The Morgan fingerprint density at radius 3 is 1.92 bits per heavy atom. The summed E-state index contributed by atoms with van der Waals surface area (Å²) in [6.45, 7) is 3.35. The summed E-state index contributed by atoms with van der Waals surface area (Å²) in [7, 11) is -4.78. The molecule has 49 heavy (non-hydrogen) atoms. The molecule has 9 nitrogen and oxygen atoms in total. The molecule has 0 aromatic carbocycles. The first-order valence-corrected chi connectivity index (χ1v) is 19.9. The molecule has 0 heterocycles. The lowest BCUT2D eigenvalue weighted by atomic mass is 10.1. The zero-order valence-corrected chi connectivity index (χ0v) is 31.1. The molecule has 0 saturated heterocycles. The highest BCUT2D eigenvalue weighted by atomic mass is 31.2. The van der Waals surface area contributed by atoms with Gasteiger partial charge in [0.1, 0.15) is 6.61 Å². The van der Waals surface area contributed by atoms with Crippen LogP contribution in [0.15, 0.2) is 72.9 Å². The van der Waals surface area contributed by atoms with Crippen molar-refractivity contribution in [2.24, 2.45) is 0 Å². The molecule has 0 spiro atoms. The second-order valence-electron chi connectivity index (χ2n) is 12.0. The van der Waals surface area contributed by atoms with Gasteiger partial charge in [0.2, 0.25) is 0 Å². The first-order chi connectivity index (χ1) is 23.7. The number of esters is 2. The van der Waals surface area contributed by atoms with Crippen molar-refractivity contribution in [1.82, 2.24) is 0 Å². The van der Waals surface area contributed by atoms with E-state index in [0.29, 0.717) is 25.7 Å². The molecule has 0 saturated carbocycles. The molecule has 0 amide bonds. The van der Waals surface area contributed by atoms with Crippen LogP contribution in [0.25, 0.3) is 0 Å². The number of phosphoric acid groups is 1. The Morgan fingerprint density at radius 1 is 0.653 bits per heavy atom. The summed E-state index contributed by atoms with van der Waals surface area (Å²) in [5, 5.41) is 9.72. The van der Waals surface area contributed by atoms with E-state index in [4.69, 9.17) is 19.3 Å². The molecule has 3 N–H and O–H groups in total. The van der Waals surface area contributed by atoms with Crippen LogP contribution >= 0.6 is 7.82 Å². The molecule has 0 aliphatic rings. The van der Waals surface area contributed by atoms with Gasteiger partial charge in [-0.2, -0.15) is 0 Å². The lowest BCUT2D eigenvalue weighted by Crippen LogP contribution is -2.29. The third-order valence-corrected chi connectivity index (χ3v) is 7.77. The fourth-order valence-corrected chi connectivity index (χ4v) is 4.90. The zero-order chi connectivity index (χ0) is 36.3. The summed E-state index contributed by atoms with van der Waals surface area (Å²) in [5.74, 6) is -0.996. The van der Waals surface area contributed by atoms with Crippen LogP contribution in [0.1, 0.15) is 136 Å². The van der Waals surface area contributed by atoms with Gasteiger partial charge in [-0.25, -0.2) is 4.57 Å². The van der Waals surface area contributed by atoms with Crippen LogP contribution in [0, 0.1) is 0 Å². The number of aliphatic hydroxyl groups is 1. The Morgan fingerprint density at radius 2 is 1.22 bits per heavy atom. The Bertz CT molecular complexity index is 1040. The Kier molecular flexibility index (Phi) is 32.2. The number of ether oxygens (including phenoxy) is 2. The number of unbranched alkanes of at least 4 members (excludes halogenated alkanes) is 10. The van der Waals surface area contributed by atoms with Gasteiger partial charge in [0.05, 0.1) is 12.7 Å². The van der Waals surface area contributed by atoms with E-state index in [1.165, 1.54) is 25.7 Å². The smallest absolute Gasteiger partial charge is 0.462 e. The minimum atomic E-state index is -4.78. The Balaban J connectivity index is 4.15. The van der Waals surface area contributed by atoms with E-state index in [1.807, 2.05) is 55.5 Å². The van der Waals surface area contributed by atoms with E-state index < -0.39 is 38.6 Å². The van der Waals surface area contributed by atoms with E-state index in [2.05, 4.69) is 35.8 Å². The number of aliphatic hydroxyl groups excluding tert-OH is 1. The van der Waals surface area contributed by atoms with E-state index in [1.54, 1.807) is 0 Å². The standard InChI is InChI=1S/C39H65O9P/c1-3-5-7-8-9-10-11-12-17-20-23-26-29-33-39(42)48-37(35-47-49(43,44)45)34-46-38(41)32-28-25-22-19-16-14-13-15-18-21-24-27-31-36(40)30-6-4-2/h6,10-11,13-14,18-19,21-22,24,27,30,36-37,40H,3-5,7-9,12,15-17,20,23,25-26,28-29,31-35H2,1-2H3,(H2,43,44,45)/b11-10-,14-13-,21-18-,22-19-,27-24+,30-6-/t36?,37-/m1/s1. The van der Waals surface area contributed by atoms with Crippen molar-refractivity contribution in [3.05, 3.63) is 72.9 Å². The van der Waals surface area contributed by atoms with Gasteiger partial charge >= 0.3 is 19.8 Å². The molecule has 0 aliphatic heterocycles. The largest absolute Gasteiger partial charge is 0.469 e. The van der Waals surface area contributed by atoms with Gasteiger partial charge in [-0.1, -0.05) is 125 Å². The molecule has 0 rings (SSSR count). The number of hydrogen-bond donors (Lipinski definition) is 3. The maximum atomic E-state index is 12.3. The molecular formula is C39H65O9P. The van der Waals surface area contributed by atoms with E-state index in [9.17, 15) is 19.3 Å². The van der Waals surface area contributed by atoms with Gasteiger partial charge in [0.25, 0.3) is 0 Å². The van der Waals surface area contributed by atoms with Crippen LogP contribution < -0.4 is 0 Å². The minimum Gasteiger partial charge on any atom is -0.462 e. The topological polar surface area (TPSA) is 140 Å². The van der Waals surface area contributed by atoms with E-state index in [-0.39, 0.29) is 19.4 Å². The number of carbonyl (C=O) groups excluding carboxylic acids is 2. The third-order valence-electron chi connectivity index (χ3n) is 7.28. The lowest BCUT2D eigenvalue weighted by molar-refractivity contribution is -0.161. The van der Waals surface area contributed by atoms with Crippen molar-refractivity contribution >= 4 is 19.8 Å². The average Bonchev–Trinajstić information content (AvgIpc) is 3.06. The van der Waals surface area contributed by atoms with Gasteiger partial charge in [-0.15, -0.1) is 0 Å². The first-order valence-electron chi connectivity index (χ1n) is 18.3. The molecule has 0 fully saturated rings. The summed E-state index contributed by atoms with van der Waals surface area (Å²) in [4.78, 5) is 42.6. The van der Waals surface area contributed by atoms with Crippen molar-refractivity contribution in [1.29, 1.82) is 0 Å². The predicted molar refractivity (Wildman–Crippen MR) is 199 cm³/mol. The van der Waals surface area contributed by atoms with E-state index in [0.717, 1.165) is 57.8 Å². The summed E-state index contributed by atoms with van der Waals surface area (Å²) < 4.78 is 26.2. The molecule has 2 atom stereocenters. The van der Waals surface area contributed by atoms with Crippen LogP contribution in [-0.4, -0.2) is 52.3 Å². The minimum absolute atomic E-state index is 0.166. The zero-order valence-electron chi connectivity index (χ0n) is 30.2. The number of hydrogen-bond acceptors (Lipinski definition) is 7. The van der Waals surface area contributed by atoms with Crippen LogP contribution in [0.2, 0.25) is 0 Å². The van der Waals surface area contributed by atoms with Crippen molar-refractivity contribution in [2.45, 2.75) is 148 Å². The third kappa shape index (κ3) is 36.6. The highest BCUT2D eigenvalue weighted by Crippen LogP contribution is 2.35. The summed E-state index contributed by atoms with van der Waals surface area (Å²) in [6.07, 6.45) is 39.7. The summed E-state index contributed by atoms with van der Waals surface area (Å²) in [6, 6.07) is 0. The van der Waals surface area contributed by atoms with Gasteiger partial charge in [0, 0.05) is 12.8 Å². The van der Waals surface area contributed by atoms with Gasteiger partial charge in [-0.05, 0) is 70.6 Å². The number of carbonyl (C=O) groups is 2.